The molecule has 3 unspecified atom stereocenters. The first kappa shape index (κ1) is 22.4. The first-order valence-corrected chi connectivity index (χ1v) is 10.8. The second-order valence-corrected chi connectivity index (χ2v) is 8.45. The number of hydrogen-bond acceptors (Lipinski definition) is 4. The second-order valence-electron chi connectivity index (χ2n) is 8.45. The molecule has 2 amide bonds. The third-order valence-corrected chi connectivity index (χ3v) is 5.93. The van der Waals surface area contributed by atoms with Crippen LogP contribution >= 0.6 is 0 Å². The summed E-state index contributed by atoms with van der Waals surface area (Å²) in [7, 11) is 0. The molecule has 32 heavy (non-hydrogen) atoms. The summed E-state index contributed by atoms with van der Waals surface area (Å²) < 4.78 is 46.0. The van der Waals surface area contributed by atoms with Gasteiger partial charge in [-0.1, -0.05) is 0 Å². The number of morpholine rings is 1. The van der Waals surface area contributed by atoms with Crippen molar-refractivity contribution in [3.63, 3.8) is 0 Å². The predicted molar refractivity (Wildman–Crippen MR) is 116 cm³/mol. The molecule has 6 nitrogen and oxygen atoms in total. The summed E-state index contributed by atoms with van der Waals surface area (Å²) in [4.78, 5) is 20.9. The summed E-state index contributed by atoms with van der Waals surface area (Å²) in [5, 5.41) is 2.78. The number of hydrogen-bond donors (Lipinski definition) is 1. The van der Waals surface area contributed by atoms with Crippen LogP contribution in [0.4, 0.5) is 29.3 Å². The summed E-state index contributed by atoms with van der Waals surface area (Å²) in [5.74, 6) is 0. The highest BCUT2D eigenvalue weighted by atomic mass is 19.4. The van der Waals surface area contributed by atoms with E-state index in [1.807, 2.05) is 30.9 Å². The molecule has 2 fully saturated rings. The van der Waals surface area contributed by atoms with Crippen molar-refractivity contribution in [2.45, 2.75) is 51.1 Å². The third kappa shape index (κ3) is 4.82. The molecule has 3 atom stereocenters. The van der Waals surface area contributed by atoms with Crippen molar-refractivity contribution < 1.29 is 22.7 Å². The van der Waals surface area contributed by atoms with Gasteiger partial charge in [0.15, 0.2) is 0 Å². The van der Waals surface area contributed by atoms with E-state index in [1.165, 1.54) is 6.07 Å². The smallest absolute Gasteiger partial charge is 0.372 e. The lowest BCUT2D eigenvalue weighted by molar-refractivity contribution is -0.137. The van der Waals surface area contributed by atoms with E-state index in [2.05, 4.69) is 10.3 Å². The highest BCUT2D eigenvalue weighted by Gasteiger charge is 2.34. The highest BCUT2D eigenvalue weighted by molar-refractivity contribution is 5.94. The molecule has 1 aromatic heterocycles. The topological polar surface area (TPSA) is 57.7 Å². The summed E-state index contributed by atoms with van der Waals surface area (Å²) in [6.45, 7) is 5.45. The van der Waals surface area contributed by atoms with Crippen molar-refractivity contribution in [1.29, 1.82) is 0 Å². The Kier molecular flexibility index (Phi) is 6.28. The molecule has 0 radical (unpaired) electrons. The molecular formula is C23H27F3N4O2. The Morgan fingerprint density at radius 2 is 1.81 bits per heavy atom. The second kappa shape index (κ2) is 8.97. The van der Waals surface area contributed by atoms with Crippen molar-refractivity contribution in [3.8, 4) is 0 Å². The van der Waals surface area contributed by atoms with Crippen molar-refractivity contribution in [2.75, 3.05) is 29.9 Å². The molecule has 172 valence electrons. The first-order chi connectivity index (χ1) is 15.2. The fraction of sp³-hybridized carbons (Fsp3) is 0.478. The average Bonchev–Trinajstić information content (AvgIpc) is 3.23. The van der Waals surface area contributed by atoms with Gasteiger partial charge >= 0.3 is 12.2 Å². The monoisotopic (exact) mass is 448 g/mol. The number of likely N-dealkylation sites (tertiary alicyclic amines) is 1. The van der Waals surface area contributed by atoms with Crippen LogP contribution < -0.4 is 10.2 Å². The Bertz CT molecular complexity index is 944. The number of pyridine rings is 1. The maximum absolute atomic E-state index is 13.4. The number of carbonyl (C=O) groups excluding carboxylic acids is 1. The van der Waals surface area contributed by atoms with E-state index in [9.17, 15) is 18.0 Å². The van der Waals surface area contributed by atoms with Gasteiger partial charge in [-0.2, -0.15) is 13.2 Å². The number of anilines is 2. The molecular weight excluding hydrogens is 421 g/mol. The number of benzene rings is 1. The molecule has 0 spiro atoms. The normalized spacial score (nSPS) is 24.0. The predicted octanol–water partition coefficient (Wildman–Crippen LogP) is 5.08. The van der Waals surface area contributed by atoms with Gasteiger partial charge in [0.05, 0.1) is 35.2 Å². The van der Waals surface area contributed by atoms with Gasteiger partial charge in [-0.15, -0.1) is 0 Å². The molecule has 0 aliphatic carbocycles. The molecule has 4 rings (SSSR count). The summed E-state index contributed by atoms with van der Waals surface area (Å²) in [6, 6.07) is 6.72. The zero-order valence-corrected chi connectivity index (χ0v) is 18.1. The molecule has 2 saturated heterocycles. The number of nitrogens with zero attached hydrogens (tertiary/aromatic N) is 3. The Labute approximate surface area is 185 Å². The molecule has 2 aromatic rings. The van der Waals surface area contributed by atoms with Gasteiger partial charge in [-0.3, -0.25) is 4.98 Å². The van der Waals surface area contributed by atoms with Crippen LogP contribution in [0.5, 0.6) is 0 Å². The Morgan fingerprint density at radius 1 is 1.12 bits per heavy atom. The highest BCUT2D eigenvalue weighted by Crippen LogP contribution is 2.38. The number of rotatable bonds is 3. The fourth-order valence-corrected chi connectivity index (χ4v) is 4.59. The van der Waals surface area contributed by atoms with Gasteiger partial charge in [0.1, 0.15) is 0 Å². The van der Waals surface area contributed by atoms with Crippen LogP contribution in [0.3, 0.4) is 0 Å². The number of ether oxygens (including phenoxy) is 1. The van der Waals surface area contributed by atoms with Crippen LogP contribution in [0.15, 0.2) is 42.7 Å². The number of amides is 2. The van der Waals surface area contributed by atoms with E-state index in [0.717, 1.165) is 30.5 Å². The van der Waals surface area contributed by atoms with Gasteiger partial charge in [0, 0.05) is 32.0 Å². The SMILES string of the molecule is CC1CN(c2ccc(C(F)(F)F)cc2NC(=O)N2CCCC2c2ccncc2)CC(C)O1. The Balaban J connectivity index is 1.63. The minimum Gasteiger partial charge on any atom is -0.372 e. The fourth-order valence-electron chi connectivity index (χ4n) is 4.59. The van der Waals surface area contributed by atoms with E-state index in [-0.39, 0.29) is 23.9 Å². The standard InChI is InChI=1S/C23H27F3N4O2/c1-15-13-29(14-16(2)32-15)21-6-5-18(23(24,25)26)12-19(21)28-22(31)30-11-3-4-20(30)17-7-9-27-10-8-17/h5-10,12,15-16,20H,3-4,11,13-14H2,1-2H3,(H,28,31). The maximum atomic E-state index is 13.4. The van der Waals surface area contributed by atoms with Crippen molar-refractivity contribution >= 4 is 17.4 Å². The van der Waals surface area contributed by atoms with E-state index in [4.69, 9.17) is 4.74 Å². The van der Waals surface area contributed by atoms with Gasteiger partial charge in [-0.05, 0) is 62.6 Å². The number of urea groups is 1. The molecule has 1 aromatic carbocycles. The summed E-state index contributed by atoms with van der Waals surface area (Å²) in [5.41, 5.74) is 0.894. The molecule has 0 saturated carbocycles. The average molecular weight is 448 g/mol. The first-order valence-electron chi connectivity index (χ1n) is 10.8. The third-order valence-electron chi connectivity index (χ3n) is 5.93. The van der Waals surface area contributed by atoms with E-state index in [1.54, 1.807) is 17.3 Å². The van der Waals surface area contributed by atoms with Crippen LogP contribution in [0, 0.1) is 0 Å². The zero-order valence-electron chi connectivity index (χ0n) is 18.1. The van der Waals surface area contributed by atoms with E-state index >= 15 is 0 Å². The van der Waals surface area contributed by atoms with E-state index in [0.29, 0.717) is 25.3 Å². The summed E-state index contributed by atoms with van der Waals surface area (Å²) >= 11 is 0. The Hall–Kier alpha value is -2.81. The van der Waals surface area contributed by atoms with Crippen LogP contribution in [0.1, 0.15) is 43.9 Å². The summed E-state index contributed by atoms with van der Waals surface area (Å²) in [6.07, 6.45) is 0.333. The lowest BCUT2D eigenvalue weighted by Crippen LogP contribution is -2.46. The molecule has 3 heterocycles. The lowest BCUT2D eigenvalue weighted by Gasteiger charge is -2.38. The molecule has 9 heteroatoms. The number of carbonyl (C=O) groups is 1. The van der Waals surface area contributed by atoms with Gasteiger partial charge in [-0.25, -0.2) is 4.79 Å². The molecule has 0 bridgehead atoms. The van der Waals surface area contributed by atoms with Crippen LogP contribution in [-0.4, -0.2) is 47.8 Å². The van der Waals surface area contributed by atoms with Crippen LogP contribution in [-0.2, 0) is 10.9 Å². The number of aromatic nitrogens is 1. The quantitative estimate of drug-likeness (QED) is 0.711. The van der Waals surface area contributed by atoms with Crippen LogP contribution in [0.2, 0.25) is 0 Å². The van der Waals surface area contributed by atoms with Crippen LogP contribution in [0.25, 0.3) is 0 Å². The van der Waals surface area contributed by atoms with Crippen molar-refractivity contribution in [3.05, 3.63) is 53.9 Å². The largest absolute Gasteiger partial charge is 0.416 e. The number of halogens is 3. The number of nitrogens with one attached hydrogen (secondary N) is 1. The van der Waals surface area contributed by atoms with E-state index < -0.39 is 17.8 Å². The van der Waals surface area contributed by atoms with Crippen molar-refractivity contribution in [2.24, 2.45) is 0 Å². The van der Waals surface area contributed by atoms with Gasteiger partial charge < -0.3 is 19.9 Å². The van der Waals surface area contributed by atoms with Gasteiger partial charge in [0.25, 0.3) is 0 Å². The lowest BCUT2D eigenvalue weighted by atomic mass is 10.1. The molecule has 2 aliphatic heterocycles. The molecule has 2 aliphatic rings. The van der Waals surface area contributed by atoms with Crippen molar-refractivity contribution in [1.82, 2.24) is 9.88 Å². The Morgan fingerprint density at radius 3 is 2.47 bits per heavy atom. The minimum atomic E-state index is -4.50. The minimum absolute atomic E-state index is 0.0701. The zero-order chi connectivity index (χ0) is 22.9. The maximum Gasteiger partial charge on any atom is 0.416 e. The van der Waals surface area contributed by atoms with Gasteiger partial charge in [0.2, 0.25) is 0 Å². The molecule has 1 N–H and O–H groups in total. The number of alkyl halides is 3.